The van der Waals surface area contributed by atoms with E-state index in [1.165, 1.54) is 6.26 Å². The number of furan rings is 1. The van der Waals surface area contributed by atoms with Crippen LogP contribution in [0.2, 0.25) is 0 Å². The fourth-order valence-corrected chi connectivity index (χ4v) is 5.36. The van der Waals surface area contributed by atoms with Gasteiger partial charge in [-0.3, -0.25) is 9.59 Å². The minimum Gasteiger partial charge on any atom is -0.464 e. The highest BCUT2D eigenvalue weighted by molar-refractivity contribution is 7.91. The third-order valence-corrected chi connectivity index (χ3v) is 6.78. The van der Waals surface area contributed by atoms with Crippen LogP contribution in [-0.2, 0) is 30.6 Å². The maximum atomic E-state index is 12.7. The van der Waals surface area contributed by atoms with Gasteiger partial charge in [0.1, 0.15) is 5.58 Å². The molecule has 1 aliphatic heterocycles. The first kappa shape index (κ1) is 21.4. The number of nitrogens with zero attached hydrogens (tertiary/aromatic N) is 1. The molecule has 1 aromatic heterocycles. The van der Waals surface area contributed by atoms with Gasteiger partial charge in [-0.15, -0.1) is 0 Å². The van der Waals surface area contributed by atoms with Gasteiger partial charge in [0, 0.05) is 23.5 Å². The fourth-order valence-electron chi connectivity index (χ4n) is 3.63. The van der Waals surface area contributed by atoms with E-state index >= 15 is 0 Å². The van der Waals surface area contributed by atoms with Crippen LogP contribution in [-0.4, -0.2) is 55.9 Å². The highest BCUT2D eigenvalue weighted by Gasteiger charge is 2.35. The van der Waals surface area contributed by atoms with Gasteiger partial charge in [0.2, 0.25) is 0 Å². The van der Waals surface area contributed by atoms with Crippen molar-refractivity contribution in [2.45, 2.75) is 39.7 Å². The van der Waals surface area contributed by atoms with Crippen LogP contribution < -0.4 is 0 Å². The highest BCUT2D eigenvalue weighted by Crippen LogP contribution is 2.23. The van der Waals surface area contributed by atoms with E-state index in [0.29, 0.717) is 24.1 Å². The summed E-state index contributed by atoms with van der Waals surface area (Å²) in [7, 11) is -3.11. The molecule has 29 heavy (non-hydrogen) atoms. The Morgan fingerprint density at radius 2 is 2.07 bits per heavy atom. The van der Waals surface area contributed by atoms with Crippen molar-refractivity contribution >= 4 is 32.7 Å². The molecule has 2 heterocycles. The Morgan fingerprint density at radius 1 is 1.31 bits per heavy atom. The number of benzene rings is 1. The van der Waals surface area contributed by atoms with Crippen molar-refractivity contribution < 1.29 is 27.2 Å². The van der Waals surface area contributed by atoms with E-state index in [9.17, 15) is 18.0 Å². The zero-order valence-electron chi connectivity index (χ0n) is 17.0. The second-order valence-electron chi connectivity index (χ2n) is 8.09. The second kappa shape index (κ2) is 8.57. The summed E-state index contributed by atoms with van der Waals surface area (Å²) in [4.78, 5) is 26.5. The van der Waals surface area contributed by atoms with Crippen LogP contribution in [0.25, 0.3) is 11.0 Å². The molecule has 0 bridgehead atoms. The lowest BCUT2D eigenvalue weighted by Crippen LogP contribution is -2.45. The number of carbonyl (C=O) groups excluding carboxylic acids is 2. The second-order valence-corrected chi connectivity index (χ2v) is 10.3. The topological polar surface area (TPSA) is 93.9 Å². The van der Waals surface area contributed by atoms with Gasteiger partial charge >= 0.3 is 5.97 Å². The van der Waals surface area contributed by atoms with Gasteiger partial charge in [-0.2, -0.15) is 0 Å². The predicted octanol–water partition coefficient (Wildman–Crippen LogP) is 2.50. The molecule has 0 radical (unpaired) electrons. The molecule has 7 nitrogen and oxygen atoms in total. The summed E-state index contributed by atoms with van der Waals surface area (Å²) in [6.07, 6.45) is 1.96. The Balaban J connectivity index is 1.60. The summed E-state index contributed by atoms with van der Waals surface area (Å²) in [5.74, 6) is -0.641. The van der Waals surface area contributed by atoms with Crippen molar-refractivity contribution in [2.24, 2.45) is 5.92 Å². The molecule has 0 saturated carbocycles. The number of rotatable bonds is 7. The number of hydrogen-bond acceptors (Lipinski definition) is 6. The van der Waals surface area contributed by atoms with Crippen molar-refractivity contribution in [1.29, 1.82) is 0 Å². The van der Waals surface area contributed by atoms with Gasteiger partial charge in [-0.1, -0.05) is 26.0 Å². The van der Waals surface area contributed by atoms with Crippen LogP contribution in [0, 0.1) is 12.8 Å². The summed E-state index contributed by atoms with van der Waals surface area (Å²) >= 11 is 0. The Hall–Kier alpha value is -2.35. The van der Waals surface area contributed by atoms with Crippen LogP contribution in [0.15, 0.2) is 28.9 Å². The first-order valence-electron chi connectivity index (χ1n) is 9.77. The third-order valence-electron chi connectivity index (χ3n) is 5.03. The molecule has 1 saturated heterocycles. The molecule has 3 rings (SSSR count). The third kappa shape index (κ3) is 5.38. The fraction of sp³-hybridized carbons (Fsp3) is 0.524. The molecule has 8 heteroatoms. The first-order chi connectivity index (χ1) is 13.6. The number of fused-ring (bicyclic) bond motifs is 1. The lowest BCUT2D eigenvalue weighted by Gasteiger charge is -2.29. The zero-order valence-corrected chi connectivity index (χ0v) is 17.8. The largest absolute Gasteiger partial charge is 0.464 e. The molecule has 158 valence electrons. The first-order valence-corrected chi connectivity index (χ1v) is 11.6. The molecule has 2 aromatic rings. The average molecular weight is 422 g/mol. The number of sulfone groups is 1. The molecule has 0 N–H and O–H groups in total. The number of ether oxygens (including phenoxy) is 1. The molecule has 1 aromatic carbocycles. The van der Waals surface area contributed by atoms with Gasteiger partial charge in [-0.05, 0) is 30.9 Å². The summed E-state index contributed by atoms with van der Waals surface area (Å²) in [5, 5.41) is 0.844. The normalized spacial score (nSPS) is 18.3. The van der Waals surface area contributed by atoms with Crippen molar-refractivity contribution in [3.63, 3.8) is 0 Å². The van der Waals surface area contributed by atoms with Gasteiger partial charge in [0.15, 0.2) is 16.4 Å². The van der Waals surface area contributed by atoms with E-state index in [4.69, 9.17) is 9.15 Å². The van der Waals surface area contributed by atoms with Crippen molar-refractivity contribution in [2.75, 3.05) is 24.7 Å². The minimum absolute atomic E-state index is 0.00529. The van der Waals surface area contributed by atoms with Crippen LogP contribution in [0.1, 0.15) is 31.4 Å². The Morgan fingerprint density at radius 3 is 2.72 bits per heavy atom. The van der Waals surface area contributed by atoms with E-state index < -0.39 is 22.4 Å². The molecular formula is C21H27NO6S. The molecule has 0 spiro atoms. The molecule has 1 aliphatic rings. The lowest BCUT2D eigenvalue weighted by molar-refractivity contribution is -0.152. The van der Waals surface area contributed by atoms with E-state index in [0.717, 1.165) is 10.9 Å². The number of aryl methyl sites for hydroxylation is 1. The quantitative estimate of drug-likeness (QED) is 0.638. The van der Waals surface area contributed by atoms with E-state index in [1.54, 1.807) is 4.90 Å². The van der Waals surface area contributed by atoms with Crippen LogP contribution >= 0.6 is 0 Å². The average Bonchev–Trinajstić information content (AvgIpc) is 3.20. The number of esters is 1. The highest BCUT2D eigenvalue weighted by atomic mass is 32.2. The Labute approximate surface area is 170 Å². The van der Waals surface area contributed by atoms with Gasteiger partial charge < -0.3 is 14.1 Å². The number of amides is 1. The Kier molecular flexibility index (Phi) is 6.31. The molecule has 0 aliphatic carbocycles. The van der Waals surface area contributed by atoms with E-state index in [1.807, 2.05) is 39.0 Å². The van der Waals surface area contributed by atoms with Crippen molar-refractivity contribution in [3.05, 3.63) is 35.6 Å². The van der Waals surface area contributed by atoms with Crippen molar-refractivity contribution in [3.8, 4) is 0 Å². The molecule has 1 fully saturated rings. The van der Waals surface area contributed by atoms with Gasteiger partial charge in [0.25, 0.3) is 5.91 Å². The SMILES string of the molecule is Cc1ccc2c(CC(=O)OCC(=O)N(CC(C)C)[C@@H]3CCS(=O)(=O)C3)coc2c1. The van der Waals surface area contributed by atoms with Gasteiger partial charge in [0.05, 0.1) is 24.2 Å². The van der Waals surface area contributed by atoms with Crippen LogP contribution in [0.4, 0.5) is 0 Å². The Bertz CT molecular complexity index is 1010. The van der Waals surface area contributed by atoms with Crippen LogP contribution in [0.5, 0.6) is 0 Å². The summed E-state index contributed by atoms with van der Waals surface area (Å²) in [6, 6.07) is 5.38. The number of hydrogen-bond donors (Lipinski definition) is 0. The predicted molar refractivity (Wildman–Crippen MR) is 109 cm³/mol. The molecule has 1 amide bonds. The monoisotopic (exact) mass is 421 g/mol. The van der Waals surface area contributed by atoms with Crippen molar-refractivity contribution in [1.82, 2.24) is 4.90 Å². The summed E-state index contributed by atoms with van der Waals surface area (Å²) in [5.41, 5.74) is 2.47. The van der Waals surface area contributed by atoms with Gasteiger partial charge in [-0.25, -0.2) is 8.42 Å². The zero-order chi connectivity index (χ0) is 21.2. The number of carbonyl (C=O) groups is 2. The molecular weight excluding hydrogens is 394 g/mol. The molecule has 1 atom stereocenters. The minimum atomic E-state index is -3.11. The lowest BCUT2D eigenvalue weighted by atomic mass is 10.1. The summed E-state index contributed by atoms with van der Waals surface area (Å²) < 4.78 is 34.3. The van der Waals surface area contributed by atoms with E-state index in [2.05, 4.69) is 0 Å². The smallest absolute Gasteiger partial charge is 0.310 e. The maximum absolute atomic E-state index is 12.7. The standard InChI is InChI=1S/C21H27NO6S/c1-14(2)10-22(17-6-7-29(25,26)13-17)20(23)12-28-21(24)9-16-11-27-19-8-15(3)4-5-18(16)19/h4-5,8,11,14,17H,6-7,9-10,12-13H2,1-3H3/t17-/m1/s1. The van der Waals surface area contributed by atoms with E-state index in [-0.39, 0.29) is 35.8 Å². The molecule has 0 unspecified atom stereocenters. The maximum Gasteiger partial charge on any atom is 0.310 e. The van der Waals surface area contributed by atoms with Crippen LogP contribution in [0.3, 0.4) is 0 Å². The summed E-state index contributed by atoms with van der Waals surface area (Å²) in [6.45, 7) is 5.92.